The Kier molecular flexibility index (Phi) is 8.24. The van der Waals surface area contributed by atoms with Crippen molar-refractivity contribution in [3.8, 4) is 0 Å². The van der Waals surface area contributed by atoms with E-state index >= 15 is 0 Å². The first-order valence-corrected chi connectivity index (χ1v) is 12.1. The number of pyridine rings is 1. The quantitative estimate of drug-likeness (QED) is 0.361. The molecule has 5 N–H and O–H groups in total. The van der Waals surface area contributed by atoms with E-state index in [1.807, 2.05) is 60.7 Å². The molecule has 0 radical (unpaired) electrons. The van der Waals surface area contributed by atoms with Crippen molar-refractivity contribution < 1.29 is 14.4 Å². The van der Waals surface area contributed by atoms with Crippen molar-refractivity contribution in [3.05, 3.63) is 72.4 Å². The van der Waals surface area contributed by atoms with Crippen LogP contribution in [0.3, 0.4) is 0 Å². The summed E-state index contributed by atoms with van der Waals surface area (Å²) in [5.74, 6) is -0.746. The Bertz CT molecular complexity index is 1220. The van der Waals surface area contributed by atoms with Crippen LogP contribution in [-0.4, -0.2) is 65.9 Å². The van der Waals surface area contributed by atoms with Crippen LogP contribution in [0.1, 0.15) is 18.4 Å². The maximum atomic E-state index is 13.3. The molecule has 9 nitrogen and oxygen atoms in total. The molecule has 2 heterocycles. The minimum absolute atomic E-state index is 0.0742. The summed E-state index contributed by atoms with van der Waals surface area (Å²) in [6.45, 7) is 0.416. The highest BCUT2D eigenvalue weighted by atomic mass is 16.2. The molecule has 188 valence electrons. The average Bonchev–Trinajstić information content (AvgIpc) is 3.41. The first-order valence-electron chi connectivity index (χ1n) is 12.1. The van der Waals surface area contributed by atoms with E-state index < -0.39 is 12.1 Å². The van der Waals surface area contributed by atoms with Crippen molar-refractivity contribution in [1.29, 1.82) is 0 Å². The van der Waals surface area contributed by atoms with Crippen LogP contribution in [0.25, 0.3) is 10.9 Å². The number of rotatable bonds is 9. The lowest BCUT2D eigenvalue weighted by molar-refractivity contribution is -0.130. The molecule has 0 unspecified atom stereocenters. The van der Waals surface area contributed by atoms with Gasteiger partial charge in [-0.05, 0) is 37.0 Å². The van der Waals surface area contributed by atoms with Gasteiger partial charge < -0.3 is 26.6 Å². The van der Waals surface area contributed by atoms with Gasteiger partial charge in [-0.25, -0.2) is 0 Å². The Morgan fingerprint density at radius 2 is 1.89 bits per heavy atom. The Morgan fingerprint density at radius 3 is 2.67 bits per heavy atom. The van der Waals surface area contributed by atoms with Gasteiger partial charge in [-0.2, -0.15) is 0 Å². The topological polar surface area (TPSA) is 129 Å². The molecule has 0 saturated carbocycles. The van der Waals surface area contributed by atoms with Crippen LogP contribution in [-0.2, 0) is 20.8 Å². The third-order valence-electron chi connectivity index (χ3n) is 6.60. The number of aryl methyl sites for hydroxylation is 1. The Labute approximate surface area is 210 Å². The van der Waals surface area contributed by atoms with Crippen LogP contribution in [0.5, 0.6) is 0 Å². The monoisotopic (exact) mass is 488 g/mol. The molecule has 2 aromatic carbocycles. The largest absolute Gasteiger partial charge is 0.343 e. The Morgan fingerprint density at radius 1 is 1.14 bits per heavy atom. The van der Waals surface area contributed by atoms with Gasteiger partial charge in [-0.3, -0.25) is 19.4 Å². The number of fused-ring (bicyclic) bond motifs is 1. The molecule has 1 saturated heterocycles. The summed E-state index contributed by atoms with van der Waals surface area (Å²) >= 11 is 0. The molecule has 0 bridgehead atoms. The van der Waals surface area contributed by atoms with Gasteiger partial charge in [0.2, 0.25) is 17.7 Å². The fourth-order valence-electron chi connectivity index (χ4n) is 4.43. The fraction of sp³-hybridized carbons (Fsp3) is 0.333. The molecule has 0 spiro atoms. The fourth-order valence-corrected chi connectivity index (χ4v) is 4.43. The number of amides is 3. The summed E-state index contributed by atoms with van der Waals surface area (Å²) < 4.78 is 0. The predicted octanol–water partition coefficient (Wildman–Crippen LogP) is 1.44. The number of carbonyl (C=O) groups is 3. The molecular weight excluding hydrogens is 456 g/mol. The summed E-state index contributed by atoms with van der Waals surface area (Å²) in [4.78, 5) is 44.3. The number of anilines is 1. The second-order valence-electron chi connectivity index (χ2n) is 9.05. The minimum Gasteiger partial charge on any atom is -0.343 e. The number of likely N-dealkylation sites (N-methyl/N-ethyl adjacent to an activating group) is 1. The maximum absolute atomic E-state index is 13.3. The molecule has 1 aliphatic rings. The normalized spacial score (nSPS) is 17.9. The van der Waals surface area contributed by atoms with E-state index in [1.165, 1.54) is 0 Å². The SMILES string of the molecule is CN(C(=O)CN)[C@@H]1CN[C@@H](C(=O)N[C@H](CCc2ccccc2)C(=O)Nc2cnc3ccccc3c2)C1. The van der Waals surface area contributed by atoms with E-state index in [0.717, 1.165) is 16.5 Å². The van der Waals surface area contributed by atoms with Gasteiger partial charge in [0.15, 0.2) is 0 Å². The van der Waals surface area contributed by atoms with Crippen LogP contribution in [0.2, 0.25) is 0 Å². The van der Waals surface area contributed by atoms with Crippen molar-refractivity contribution in [1.82, 2.24) is 20.5 Å². The number of para-hydroxylation sites is 1. The van der Waals surface area contributed by atoms with E-state index in [9.17, 15) is 14.4 Å². The van der Waals surface area contributed by atoms with Crippen LogP contribution < -0.4 is 21.7 Å². The van der Waals surface area contributed by atoms with Gasteiger partial charge in [-0.1, -0.05) is 48.5 Å². The first kappa shape index (κ1) is 25.3. The molecule has 3 atom stereocenters. The third kappa shape index (κ3) is 6.24. The summed E-state index contributed by atoms with van der Waals surface area (Å²) in [5, 5.41) is 9.92. The van der Waals surface area contributed by atoms with Crippen molar-refractivity contribution in [2.45, 2.75) is 37.4 Å². The Hall–Kier alpha value is -3.82. The van der Waals surface area contributed by atoms with Crippen molar-refractivity contribution in [2.75, 3.05) is 25.5 Å². The number of nitrogens with two attached hydrogens (primary N) is 1. The lowest BCUT2D eigenvalue weighted by atomic mass is 10.0. The lowest BCUT2D eigenvalue weighted by Crippen LogP contribution is -2.50. The zero-order chi connectivity index (χ0) is 25.5. The van der Waals surface area contributed by atoms with E-state index in [1.54, 1.807) is 18.1 Å². The van der Waals surface area contributed by atoms with Crippen LogP contribution in [0.4, 0.5) is 5.69 Å². The lowest BCUT2D eigenvalue weighted by Gasteiger charge is -2.23. The van der Waals surface area contributed by atoms with Crippen LogP contribution in [0, 0.1) is 0 Å². The van der Waals surface area contributed by atoms with Gasteiger partial charge in [-0.15, -0.1) is 0 Å². The van der Waals surface area contributed by atoms with E-state index in [4.69, 9.17) is 5.73 Å². The van der Waals surface area contributed by atoms with Crippen molar-refractivity contribution in [3.63, 3.8) is 0 Å². The standard InChI is InChI=1S/C27H32N6O3/c1-33(25(34)15-28)21-14-24(30-17-21)27(36)32-23(12-11-18-7-3-2-4-8-18)26(35)31-20-13-19-9-5-6-10-22(19)29-16-20/h2-10,13,16,21,23-24,30H,11-12,14-15,17,28H2,1H3,(H,31,35)(H,32,36)/t21-,23+,24+/m0/s1. The molecule has 4 rings (SSSR count). The van der Waals surface area contributed by atoms with E-state index in [-0.39, 0.29) is 30.3 Å². The maximum Gasteiger partial charge on any atom is 0.247 e. The smallest absolute Gasteiger partial charge is 0.247 e. The van der Waals surface area contributed by atoms with Gasteiger partial charge in [0.1, 0.15) is 6.04 Å². The number of hydrogen-bond acceptors (Lipinski definition) is 6. The first-order chi connectivity index (χ1) is 17.4. The molecule has 1 fully saturated rings. The Balaban J connectivity index is 1.44. The number of hydrogen-bond donors (Lipinski definition) is 4. The van der Waals surface area contributed by atoms with Gasteiger partial charge in [0.05, 0.1) is 30.0 Å². The minimum atomic E-state index is -0.742. The molecule has 1 aliphatic heterocycles. The molecule has 3 aromatic rings. The van der Waals surface area contributed by atoms with Gasteiger partial charge in [0.25, 0.3) is 0 Å². The zero-order valence-corrected chi connectivity index (χ0v) is 20.3. The third-order valence-corrected chi connectivity index (χ3v) is 6.60. The van der Waals surface area contributed by atoms with E-state index in [0.29, 0.717) is 31.5 Å². The number of nitrogens with zero attached hydrogens (tertiary/aromatic N) is 2. The summed E-state index contributed by atoms with van der Waals surface area (Å²) in [5.41, 5.74) is 7.96. The highest BCUT2D eigenvalue weighted by molar-refractivity contribution is 5.99. The molecule has 3 amide bonds. The summed E-state index contributed by atoms with van der Waals surface area (Å²) in [7, 11) is 1.69. The van der Waals surface area contributed by atoms with Crippen molar-refractivity contribution >= 4 is 34.3 Å². The van der Waals surface area contributed by atoms with Gasteiger partial charge in [0, 0.05) is 25.0 Å². The molecule has 36 heavy (non-hydrogen) atoms. The molecule has 0 aliphatic carbocycles. The highest BCUT2D eigenvalue weighted by Gasteiger charge is 2.34. The second kappa shape index (κ2) is 11.7. The molecule has 1 aromatic heterocycles. The highest BCUT2D eigenvalue weighted by Crippen LogP contribution is 2.18. The zero-order valence-electron chi connectivity index (χ0n) is 20.3. The predicted molar refractivity (Wildman–Crippen MR) is 139 cm³/mol. The average molecular weight is 489 g/mol. The van der Waals surface area contributed by atoms with Crippen molar-refractivity contribution in [2.24, 2.45) is 5.73 Å². The van der Waals surface area contributed by atoms with E-state index in [2.05, 4.69) is 20.9 Å². The number of carbonyl (C=O) groups excluding carboxylic acids is 3. The summed E-state index contributed by atoms with van der Waals surface area (Å²) in [6, 6.07) is 18.0. The second-order valence-corrected chi connectivity index (χ2v) is 9.05. The molecule has 9 heteroatoms. The van der Waals surface area contributed by atoms with Gasteiger partial charge >= 0.3 is 0 Å². The molecular formula is C27H32N6O3. The number of nitrogens with one attached hydrogen (secondary N) is 3. The van der Waals surface area contributed by atoms with Crippen LogP contribution >= 0.6 is 0 Å². The summed E-state index contributed by atoms with van der Waals surface area (Å²) in [6.07, 6.45) is 3.13. The van der Waals surface area contributed by atoms with Crippen LogP contribution in [0.15, 0.2) is 66.9 Å². The number of benzene rings is 2. The number of aromatic nitrogens is 1.